The number of hydrogen-bond donors (Lipinski definition) is 3. The smallest absolute Gasteiger partial charge is 0.255 e. The van der Waals surface area contributed by atoms with Gasteiger partial charge < -0.3 is 26.0 Å². The number of hydrogen-bond acceptors (Lipinski definition) is 6. The summed E-state index contributed by atoms with van der Waals surface area (Å²) >= 11 is 0. The van der Waals surface area contributed by atoms with Gasteiger partial charge in [0.05, 0.1) is 36.2 Å². The van der Waals surface area contributed by atoms with Crippen molar-refractivity contribution >= 4 is 23.2 Å². The monoisotopic (exact) mass is 497 g/mol. The Balaban J connectivity index is 1.61. The molecule has 1 saturated heterocycles. The molecule has 0 spiro atoms. The maximum Gasteiger partial charge on any atom is 0.255 e. The van der Waals surface area contributed by atoms with Gasteiger partial charge in [-0.3, -0.25) is 9.59 Å². The predicted molar refractivity (Wildman–Crippen MR) is 143 cm³/mol. The Labute approximate surface area is 217 Å². The fourth-order valence-electron chi connectivity index (χ4n) is 4.52. The van der Waals surface area contributed by atoms with Crippen LogP contribution in [0.3, 0.4) is 0 Å². The minimum Gasteiger partial charge on any atom is -0.377 e. The number of carbonyl (C=O) groups excluding carboxylic acids is 2. The van der Waals surface area contributed by atoms with Crippen LogP contribution in [-0.2, 0) is 17.8 Å². The Morgan fingerprint density at radius 2 is 1.65 bits per heavy atom. The van der Waals surface area contributed by atoms with Crippen LogP contribution < -0.4 is 21.3 Å². The summed E-state index contributed by atoms with van der Waals surface area (Å²) in [6, 6.07) is 21.8. The summed E-state index contributed by atoms with van der Waals surface area (Å²) < 4.78 is 5.68. The van der Waals surface area contributed by atoms with Crippen LogP contribution >= 0.6 is 0 Å². The molecule has 2 atom stereocenters. The Hall–Kier alpha value is -4.19. The van der Waals surface area contributed by atoms with Gasteiger partial charge in [-0.25, -0.2) is 0 Å². The van der Waals surface area contributed by atoms with Crippen molar-refractivity contribution in [1.82, 2.24) is 5.32 Å². The number of nitrogens with two attached hydrogens (primary N) is 1. The lowest BCUT2D eigenvalue weighted by Gasteiger charge is -2.41. The van der Waals surface area contributed by atoms with E-state index >= 15 is 0 Å². The van der Waals surface area contributed by atoms with Gasteiger partial charge in [0.25, 0.3) is 11.8 Å². The van der Waals surface area contributed by atoms with Crippen LogP contribution in [0.5, 0.6) is 0 Å². The Kier molecular flexibility index (Phi) is 8.18. The van der Waals surface area contributed by atoms with Crippen LogP contribution in [0.1, 0.15) is 51.3 Å². The number of nitrogens with one attached hydrogen (secondary N) is 2. The molecular weight excluding hydrogens is 466 g/mol. The second-order valence-electron chi connectivity index (χ2n) is 9.22. The molecule has 2 amide bonds. The largest absolute Gasteiger partial charge is 0.377 e. The van der Waals surface area contributed by atoms with E-state index in [0.29, 0.717) is 48.7 Å². The number of anilines is 2. The van der Waals surface area contributed by atoms with E-state index in [1.807, 2.05) is 30.3 Å². The van der Waals surface area contributed by atoms with Crippen molar-refractivity contribution in [3.8, 4) is 6.07 Å². The quantitative estimate of drug-likeness (QED) is 0.457. The SMILES string of the molecule is CC1COCC(C)N1c1ccc(C(=O)NCc2cccc(CN)c2)cc1NC(=O)c1ccc(C#N)cc1. The molecule has 4 N–H and O–H groups in total. The Morgan fingerprint density at radius 3 is 2.32 bits per heavy atom. The van der Waals surface area contributed by atoms with Crippen molar-refractivity contribution in [2.45, 2.75) is 39.0 Å². The lowest BCUT2D eigenvalue weighted by atomic mass is 10.1. The van der Waals surface area contributed by atoms with E-state index in [1.54, 1.807) is 36.4 Å². The summed E-state index contributed by atoms with van der Waals surface area (Å²) in [6.45, 7) is 6.06. The molecule has 1 aliphatic rings. The normalized spacial score (nSPS) is 17.1. The van der Waals surface area contributed by atoms with Crippen molar-refractivity contribution in [1.29, 1.82) is 5.26 Å². The summed E-state index contributed by atoms with van der Waals surface area (Å²) in [7, 11) is 0. The Bertz CT molecular complexity index is 1310. The molecule has 1 aliphatic heterocycles. The van der Waals surface area contributed by atoms with Crippen LogP contribution in [0.15, 0.2) is 66.7 Å². The molecule has 190 valence electrons. The molecule has 1 heterocycles. The lowest BCUT2D eigenvalue weighted by molar-refractivity contribution is 0.0757. The molecule has 2 unspecified atom stereocenters. The molecule has 4 rings (SSSR count). The fraction of sp³-hybridized carbons (Fsp3) is 0.276. The van der Waals surface area contributed by atoms with Crippen LogP contribution in [0.25, 0.3) is 0 Å². The first-order chi connectivity index (χ1) is 17.9. The first-order valence-corrected chi connectivity index (χ1v) is 12.3. The number of amides is 2. The van der Waals surface area contributed by atoms with Gasteiger partial charge in [-0.05, 0) is 67.4 Å². The van der Waals surface area contributed by atoms with Gasteiger partial charge in [-0.2, -0.15) is 5.26 Å². The highest BCUT2D eigenvalue weighted by Gasteiger charge is 2.28. The summed E-state index contributed by atoms with van der Waals surface area (Å²) in [6.07, 6.45) is 0. The van der Waals surface area contributed by atoms with E-state index in [4.69, 9.17) is 15.7 Å². The van der Waals surface area contributed by atoms with E-state index in [-0.39, 0.29) is 23.9 Å². The zero-order chi connectivity index (χ0) is 26.4. The minimum atomic E-state index is -0.324. The molecule has 0 saturated carbocycles. The maximum atomic E-state index is 13.1. The molecule has 1 fully saturated rings. The van der Waals surface area contributed by atoms with Gasteiger partial charge in [0, 0.05) is 36.3 Å². The molecule has 37 heavy (non-hydrogen) atoms. The van der Waals surface area contributed by atoms with Gasteiger partial charge in [0.15, 0.2) is 0 Å². The highest BCUT2D eigenvalue weighted by atomic mass is 16.5. The number of nitriles is 1. The standard InChI is InChI=1S/C29H31N5O3/c1-19-17-37-18-20(2)34(19)27-11-10-25(28(35)32-16-23-5-3-4-22(12-23)15-31)13-26(27)33-29(36)24-8-6-21(14-30)7-9-24/h3-13,19-20H,15-18,31H2,1-2H3,(H,32,35)(H,33,36). The molecule has 8 heteroatoms. The van der Waals surface area contributed by atoms with Gasteiger partial charge >= 0.3 is 0 Å². The third-order valence-corrected chi connectivity index (χ3v) is 6.41. The van der Waals surface area contributed by atoms with Crippen molar-refractivity contribution in [3.05, 3.63) is 94.5 Å². The van der Waals surface area contributed by atoms with Gasteiger partial charge in [0.1, 0.15) is 0 Å². The van der Waals surface area contributed by atoms with Crippen LogP contribution in [0.2, 0.25) is 0 Å². The van der Waals surface area contributed by atoms with Gasteiger partial charge in [-0.15, -0.1) is 0 Å². The summed E-state index contributed by atoms with van der Waals surface area (Å²) in [5.41, 5.74) is 10.4. The highest BCUT2D eigenvalue weighted by Crippen LogP contribution is 2.32. The zero-order valence-corrected chi connectivity index (χ0v) is 21.0. The van der Waals surface area contributed by atoms with E-state index < -0.39 is 0 Å². The van der Waals surface area contributed by atoms with E-state index in [1.165, 1.54) is 0 Å². The first-order valence-electron chi connectivity index (χ1n) is 12.3. The predicted octanol–water partition coefficient (Wildman–Crippen LogP) is 3.81. The number of carbonyl (C=O) groups is 2. The van der Waals surface area contributed by atoms with Crippen LogP contribution in [-0.4, -0.2) is 37.1 Å². The topological polar surface area (TPSA) is 120 Å². The van der Waals surface area contributed by atoms with Crippen molar-refractivity contribution in [3.63, 3.8) is 0 Å². The molecular formula is C29H31N5O3. The molecule has 0 bridgehead atoms. The number of morpholine rings is 1. The number of benzene rings is 3. The lowest BCUT2D eigenvalue weighted by Crippen LogP contribution is -2.50. The summed E-state index contributed by atoms with van der Waals surface area (Å²) in [4.78, 5) is 28.4. The van der Waals surface area contributed by atoms with E-state index in [9.17, 15) is 9.59 Å². The molecule has 3 aromatic carbocycles. The molecule has 3 aromatic rings. The summed E-state index contributed by atoms with van der Waals surface area (Å²) in [5, 5.41) is 15.0. The molecule has 0 aliphatic carbocycles. The van der Waals surface area contributed by atoms with Gasteiger partial charge in [-0.1, -0.05) is 24.3 Å². The van der Waals surface area contributed by atoms with E-state index in [2.05, 4.69) is 35.5 Å². The van der Waals surface area contributed by atoms with Crippen molar-refractivity contribution in [2.75, 3.05) is 23.4 Å². The zero-order valence-electron chi connectivity index (χ0n) is 21.0. The second kappa shape index (κ2) is 11.7. The molecule has 0 aromatic heterocycles. The highest BCUT2D eigenvalue weighted by molar-refractivity contribution is 6.07. The molecule has 8 nitrogen and oxygen atoms in total. The fourth-order valence-corrected chi connectivity index (χ4v) is 4.52. The van der Waals surface area contributed by atoms with Crippen molar-refractivity contribution in [2.24, 2.45) is 5.73 Å². The average molecular weight is 498 g/mol. The second-order valence-corrected chi connectivity index (χ2v) is 9.22. The van der Waals surface area contributed by atoms with Crippen LogP contribution in [0.4, 0.5) is 11.4 Å². The third kappa shape index (κ3) is 6.15. The van der Waals surface area contributed by atoms with Gasteiger partial charge in [0.2, 0.25) is 0 Å². The molecule has 0 radical (unpaired) electrons. The number of nitrogens with zero attached hydrogens (tertiary/aromatic N) is 2. The number of rotatable bonds is 7. The first kappa shape index (κ1) is 25.9. The number of ether oxygens (including phenoxy) is 1. The van der Waals surface area contributed by atoms with E-state index in [0.717, 1.165) is 16.8 Å². The average Bonchev–Trinajstić information content (AvgIpc) is 2.92. The van der Waals surface area contributed by atoms with Crippen LogP contribution in [0, 0.1) is 11.3 Å². The third-order valence-electron chi connectivity index (χ3n) is 6.41. The Morgan fingerprint density at radius 1 is 0.973 bits per heavy atom. The van der Waals surface area contributed by atoms with Crippen molar-refractivity contribution < 1.29 is 14.3 Å². The maximum absolute atomic E-state index is 13.1. The summed E-state index contributed by atoms with van der Waals surface area (Å²) in [5.74, 6) is -0.572. The minimum absolute atomic E-state index is 0.0869.